The third kappa shape index (κ3) is 4.97. The standard InChI is InChI=1S/C18H20N4O4/c1-11-8-9-13(10-12(11)2)19-16(23)17(24)21-22-18(25)20-14-6-4-5-7-15(14)26-3/h4-10H,1-3H3,(H,19,23)(H,21,24)(H2,20,22,25). The van der Waals surface area contributed by atoms with Crippen LogP contribution in [0.5, 0.6) is 5.75 Å². The number of ether oxygens (including phenoxy) is 1. The minimum Gasteiger partial charge on any atom is -0.495 e. The highest BCUT2D eigenvalue weighted by Crippen LogP contribution is 2.22. The first-order valence-corrected chi connectivity index (χ1v) is 7.79. The van der Waals surface area contributed by atoms with Gasteiger partial charge in [0.2, 0.25) is 0 Å². The number of carbonyl (C=O) groups is 3. The molecule has 0 atom stereocenters. The van der Waals surface area contributed by atoms with Gasteiger partial charge in [-0.05, 0) is 49.2 Å². The predicted molar refractivity (Wildman–Crippen MR) is 97.8 cm³/mol. The number of nitrogens with one attached hydrogen (secondary N) is 4. The number of methoxy groups -OCH3 is 1. The summed E-state index contributed by atoms with van der Waals surface area (Å²) in [5.74, 6) is -1.44. The molecule has 0 saturated carbocycles. The lowest BCUT2D eigenvalue weighted by Crippen LogP contribution is -2.48. The van der Waals surface area contributed by atoms with Crippen LogP contribution in [-0.2, 0) is 9.59 Å². The van der Waals surface area contributed by atoms with Crippen molar-refractivity contribution in [2.75, 3.05) is 17.7 Å². The summed E-state index contributed by atoms with van der Waals surface area (Å²) < 4.78 is 5.10. The van der Waals surface area contributed by atoms with E-state index in [0.29, 0.717) is 17.1 Å². The lowest BCUT2D eigenvalue weighted by Gasteiger charge is -2.12. The Balaban J connectivity index is 1.86. The number of urea groups is 1. The third-order valence-electron chi connectivity index (χ3n) is 3.62. The zero-order chi connectivity index (χ0) is 19.1. The Kier molecular flexibility index (Phi) is 6.15. The van der Waals surface area contributed by atoms with Crippen LogP contribution in [0.2, 0.25) is 0 Å². The number of amides is 4. The molecule has 0 spiro atoms. The summed E-state index contributed by atoms with van der Waals surface area (Å²) in [6.45, 7) is 3.84. The molecule has 0 fully saturated rings. The number of hydrogen-bond acceptors (Lipinski definition) is 4. The number of hydrogen-bond donors (Lipinski definition) is 4. The van der Waals surface area contributed by atoms with Crippen LogP contribution >= 0.6 is 0 Å². The highest BCUT2D eigenvalue weighted by atomic mass is 16.5. The molecule has 0 radical (unpaired) electrons. The van der Waals surface area contributed by atoms with Crippen molar-refractivity contribution in [3.8, 4) is 5.75 Å². The van der Waals surface area contributed by atoms with E-state index in [2.05, 4.69) is 16.1 Å². The van der Waals surface area contributed by atoms with Gasteiger partial charge in [-0.25, -0.2) is 10.2 Å². The molecule has 0 unspecified atom stereocenters. The van der Waals surface area contributed by atoms with E-state index in [9.17, 15) is 14.4 Å². The largest absolute Gasteiger partial charge is 0.495 e. The Labute approximate surface area is 150 Å². The summed E-state index contributed by atoms with van der Waals surface area (Å²) in [6.07, 6.45) is 0. The molecule has 4 amide bonds. The maximum Gasteiger partial charge on any atom is 0.338 e. The zero-order valence-corrected chi connectivity index (χ0v) is 14.7. The van der Waals surface area contributed by atoms with Gasteiger partial charge in [0.05, 0.1) is 12.8 Å². The van der Waals surface area contributed by atoms with E-state index in [1.165, 1.54) is 7.11 Å². The Morgan fingerprint density at radius 1 is 0.846 bits per heavy atom. The first kappa shape index (κ1) is 18.8. The topological polar surface area (TPSA) is 109 Å². The van der Waals surface area contributed by atoms with Gasteiger partial charge in [-0.3, -0.25) is 15.0 Å². The van der Waals surface area contributed by atoms with E-state index >= 15 is 0 Å². The quantitative estimate of drug-likeness (QED) is 0.499. The summed E-state index contributed by atoms with van der Waals surface area (Å²) in [7, 11) is 1.47. The summed E-state index contributed by atoms with van der Waals surface area (Å²) in [6, 6.07) is 11.3. The molecular formula is C18H20N4O4. The molecule has 0 aliphatic heterocycles. The van der Waals surface area contributed by atoms with Gasteiger partial charge in [0.1, 0.15) is 5.75 Å². The Morgan fingerprint density at radius 3 is 2.27 bits per heavy atom. The van der Waals surface area contributed by atoms with Crippen LogP contribution in [0, 0.1) is 13.8 Å². The first-order chi connectivity index (χ1) is 12.4. The predicted octanol–water partition coefficient (Wildman–Crippen LogP) is 2.10. The first-order valence-electron chi connectivity index (χ1n) is 7.79. The minimum absolute atomic E-state index is 0.418. The number of benzene rings is 2. The molecule has 136 valence electrons. The molecule has 8 heteroatoms. The second-order valence-corrected chi connectivity index (χ2v) is 5.49. The van der Waals surface area contributed by atoms with Crippen LogP contribution in [-0.4, -0.2) is 25.0 Å². The second kappa shape index (κ2) is 8.52. The number of hydrazine groups is 1. The molecule has 0 saturated heterocycles. The lowest BCUT2D eigenvalue weighted by atomic mass is 10.1. The van der Waals surface area contributed by atoms with Crippen LogP contribution in [0.1, 0.15) is 11.1 Å². The highest BCUT2D eigenvalue weighted by Gasteiger charge is 2.15. The van der Waals surface area contributed by atoms with Crippen molar-refractivity contribution in [2.45, 2.75) is 13.8 Å². The van der Waals surface area contributed by atoms with E-state index in [1.807, 2.05) is 25.3 Å². The molecule has 0 aliphatic carbocycles. The maximum absolute atomic E-state index is 11.9. The SMILES string of the molecule is COc1ccccc1NC(=O)NNC(=O)C(=O)Nc1ccc(C)c(C)c1. The minimum atomic E-state index is -1.00. The van der Waals surface area contributed by atoms with E-state index in [-0.39, 0.29) is 0 Å². The number of aryl methyl sites for hydroxylation is 2. The van der Waals surface area contributed by atoms with Crippen molar-refractivity contribution in [1.82, 2.24) is 10.9 Å². The molecule has 26 heavy (non-hydrogen) atoms. The molecule has 0 heterocycles. The second-order valence-electron chi connectivity index (χ2n) is 5.49. The van der Waals surface area contributed by atoms with E-state index in [4.69, 9.17) is 4.74 Å². The number of anilines is 2. The fourth-order valence-electron chi connectivity index (χ4n) is 2.08. The molecule has 0 aromatic heterocycles. The number of carbonyl (C=O) groups excluding carboxylic acids is 3. The van der Waals surface area contributed by atoms with Crippen LogP contribution in [0.25, 0.3) is 0 Å². The van der Waals surface area contributed by atoms with Gasteiger partial charge in [0.25, 0.3) is 0 Å². The van der Waals surface area contributed by atoms with Gasteiger partial charge >= 0.3 is 17.8 Å². The van der Waals surface area contributed by atoms with Gasteiger partial charge in [-0.2, -0.15) is 0 Å². The van der Waals surface area contributed by atoms with Crippen molar-refractivity contribution < 1.29 is 19.1 Å². The Morgan fingerprint density at radius 2 is 1.58 bits per heavy atom. The monoisotopic (exact) mass is 356 g/mol. The Bertz CT molecular complexity index is 836. The molecule has 2 aromatic rings. The zero-order valence-electron chi connectivity index (χ0n) is 14.7. The molecule has 2 aromatic carbocycles. The molecule has 8 nitrogen and oxygen atoms in total. The van der Waals surface area contributed by atoms with Gasteiger partial charge in [-0.1, -0.05) is 18.2 Å². The number of rotatable bonds is 3. The van der Waals surface area contributed by atoms with Crippen molar-refractivity contribution in [2.24, 2.45) is 0 Å². The van der Waals surface area contributed by atoms with Gasteiger partial charge in [-0.15, -0.1) is 0 Å². The summed E-state index contributed by atoms with van der Waals surface area (Å²) in [5, 5.41) is 4.96. The number of para-hydroxylation sites is 2. The smallest absolute Gasteiger partial charge is 0.338 e. The van der Waals surface area contributed by atoms with Gasteiger partial charge in [0.15, 0.2) is 0 Å². The fourth-order valence-corrected chi connectivity index (χ4v) is 2.08. The van der Waals surface area contributed by atoms with Crippen molar-refractivity contribution in [3.05, 3.63) is 53.6 Å². The molecule has 0 bridgehead atoms. The molecule has 0 aliphatic rings. The summed E-state index contributed by atoms with van der Waals surface area (Å²) in [5.41, 5.74) is 7.10. The average molecular weight is 356 g/mol. The summed E-state index contributed by atoms with van der Waals surface area (Å²) >= 11 is 0. The lowest BCUT2D eigenvalue weighted by molar-refractivity contribution is -0.136. The fraction of sp³-hybridized carbons (Fsp3) is 0.167. The van der Waals surface area contributed by atoms with E-state index in [0.717, 1.165) is 11.1 Å². The van der Waals surface area contributed by atoms with Crippen molar-refractivity contribution >= 4 is 29.2 Å². The van der Waals surface area contributed by atoms with Crippen molar-refractivity contribution in [3.63, 3.8) is 0 Å². The van der Waals surface area contributed by atoms with E-state index in [1.54, 1.807) is 36.4 Å². The van der Waals surface area contributed by atoms with Crippen LogP contribution in [0.3, 0.4) is 0 Å². The van der Waals surface area contributed by atoms with Crippen LogP contribution in [0.15, 0.2) is 42.5 Å². The van der Waals surface area contributed by atoms with Crippen LogP contribution in [0.4, 0.5) is 16.2 Å². The summed E-state index contributed by atoms with van der Waals surface area (Å²) in [4.78, 5) is 35.5. The van der Waals surface area contributed by atoms with Crippen molar-refractivity contribution in [1.29, 1.82) is 0 Å². The molecular weight excluding hydrogens is 336 g/mol. The van der Waals surface area contributed by atoms with Crippen LogP contribution < -0.4 is 26.2 Å². The Hall–Kier alpha value is -3.55. The highest BCUT2D eigenvalue weighted by molar-refractivity contribution is 6.39. The normalized spacial score (nSPS) is 9.81. The third-order valence-corrected chi connectivity index (χ3v) is 3.62. The van der Waals surface area contributed by atoms with Gasteiger partial charge < -0.3 is 15.4 Å². The van der Waals surface area contributed by atoms with E-state index < -0.39 is 17.8 Å². The molecule has 4 N–H and O–H groups in total. The average Bonchev–Trinajstić information content (AvgIpc) is 2.63. The molecule has 2 rings (SSSR count). The maximum atomic E-state index is 11.9. The van der Waals surface area contributed by atoms with Gasteiger partial charge in [0, 0.05) is 5.69 Å².